The van der Waals surface area contributed by atoms with Crippen molar-refractivity contribution in [2.24, 2.45) is 4.99 Å². The van der Waals surface area contributed by atoms with E-state index < -0.39 is 15.7 Å². The van der Waals surface area contributed by atoms with Crippen LogP contribution in [0.2, 0.25) is 0 Å². The molecule has 1 aromatic carbocycles. The zero-order valence-corrected chi connectivity index (χ0v) is 18.2. The van der Waals surface area contributed by atoms with Crippen LogP contribution in [0.4, 0.5) is 4.39 Å². The fraction of sp³-hybridized carbons (Fsp3) is 0.526. The predicted molar refractivity (Wildman–Crippen MR) is 110 cm³/mol. The number of guanidine groups is 1. The van der Waals surface area contributed by atoms with Crippen LogP contribution in [0.1, 0.15) is 50.5 Å². The molecule has 1 heterocycles. The summed E-state index contributed by atoms with van der Waals surface area (Å²) in [5, 5.41) is 10.1. The summed E-state index contributed by atoms with van der Waals surface area (Å²) in [6, 6.07) is 4.04. The molecule has 2 aromatic rings. The van der Waals surface area contributed by atoms with E-state index in [0.717, 1.165) is 6.26 Å². The van der Waals surface area contributed by atoms with E-state index in [9.17, 15) is 12.8 Å². The SMILES string of the molecule is CCNC(=NCc1cc(F)ccc1CS(C)(=O)=O)NCc1noc(C(C)(C)C)n1. The maximum absolute atomic E-state index is 13.7. The molecule has 0 saturated carbocycles. The van der Waals surface area contributed by atoms with Crippen molar-refractivity contribution < 1.29 is 17.3 Å². The first-order chi connectivity index (χ1) is 13.5. The summed E-state index contributed by atoms with van der Waals surface area (Å²) in [6.07, 6.45) is 1.14. The van der Waals surface area contributed by atoms with Crippen molar-refractivity contribution >= 4 is 15.8 Å². The lowest BCUT2D eigenvalue weighted by atomic mass is 9.97. The fourth-order valence-electron chi connectivity index (χ4n) is 2.46. The smallest absolute Gasteiger partial charge is 0.232 e. The molecule has 0 radical (unpaired) electrons. The van der Waals surface area contributed by atoms with Crippen molar-refractivity contribution in [2.45, 2.75) is 52.0 Å². The van der Waals surface area contributed by atoms with Gasteiger partial charge in [0.25, 0.3) is 0 Å². The highest BCUT2D eigenvalue weighted by Gasteiger charge is 2.21. The third kappa shape index (κ3) is 7.45. The van der Waals surface area contributed by atoms with E-state index in [-0.39, 0.29) is 17.7 Å². The fourth-order valence-corrected chi connectivity index (χ4v) is 3.31. The van der Waals surface area contributed by atoms with Gasteiger partial charge >= 0.3 is 0 Å². The van der Waals surface area contributed by atoms with E-state index in [1.165, 1.54) is 18.2 Å². The molecule has 1 aromatic heterocycles. The highest BCUT2D eigenvalue weighted by molar-refractivity contribution is 7.89. The molecule has 0 aliphatic heterocycles. The Labute approximate surface area is 170 Å². The third-order valence-electron chi connectivity index (χ3n) is 3.86. The van der Waals surface area contributed by atoms with Crippen molar-refractivity contribution in [3.05, 3.63) is 46.9 Å². The normalized spacial score (nSPS) is 12.8. The minimum Gasteiger partial charge on any atom is -0.357 e. The van der Waals surface area contributed by atoms with Crippen molar-refractivity contribution in [3.8, 4) is 0 Å². The number of aliphatic imine (C=N–C) groups is 1. The quantitative estimate of drug-likeness (QED) is 0.517. The Morgan fingerprint density at radius 1 is 1.24 bits per heavy atom. The topological polar surface area (TPSA) is 109 Å². The molecule has 0 bridgehead atoms. The summed E-state index contributed by atoms with van der Waals surface area (Å²) in [7, 11) is -3.25. The molecule has 0 amide bonds. The Hall–Kier alpha value is -2.49. The summed E-state index contributed by atoms with van der Waals surface area (Å²) in [5.41, 5.74) is 0.806. The van der Waals surface area contributed by atoms with Gasteiger partial charge < -0.3 is 15.2 Å². The Bertz CT molecular complexity index is 964. The Kier molecular flexibility index (Phi) is 7.34. The third-order valence-corrected chi connectivity index (χ3v) is 4.70. The molecular weight excluding hydrogens is 397 g/mol. The number of hydrogen-bond donors (Lipinski definition) is 2. The largest absolute Gasteiger partial charge is 0.357 e. The molecule has 8 nitrogen and oxygen atoms in total. The molecule has 2 N–H and O–H groups in total. The number of halogens is 1. The maximum Gasteiger partial charge on any atom is 0.232 e. The monoisotopic (exact) mass is 425 g/mol. The van der Waals surface area contributed by atoms with Gasteiger partial charge in [-0.15, -0.1) is 0 Å². The van der Waals surface area contributed by atoms with E-state index in [1.807, 2.05) is 27.7 Å². The van der Waals surface area contributed by atoms with Crippen LogP contribution >= 0.6 is 0 Å². The Balaban J connectivity index is 2.13. The van der Waals surface area contributed by atoms with Crippen LogP contribution in [0.3, 0.4) is 0 Å². The first-order valence-electron chi connectivity index (χ1n) is 9.28. The first-order valence-corrected chi connectivity index (χ1v) is 11.3. The molecule has 0 atom stereocenters. The molecule has 0 fully saturated rings. The van der Waals surface area contributed by atoms with Gasteiger partial charge in [0.2, 0.25) is 5.89 Å². The second-order valence-electron chi connectivity index (χ2n) is 7.80. The first kappa shape index (κ1) is 22.8. The van der Waals surface area contributed by atoms with Gasteiger partial charge in [0.1, 0.15) is 5.82 Å². The average Bonchev–Trinajstić information content (AvgIpc) is 3.07. The second kappa shape index (κ2) is 9.34. The molecule has 29 heavy (non-hydrogen) atoms. The van der Waals surface area contributed by atoms with E-state index in [4.69, 9.17) is 4.52 Å². The summed E-state index contributed by atoms with van der Waals surface area (Å²) < 4.78 is 42.2. The highest BCUT2D eigenvalue weighted by Crippen LogP contribution is 2.19. The highest BCUT2D eigenvalue weighted by atomic mass is 32.2. The van der Waals surface area contributed by atoms with Crippen LogP contribution in [0.25, 0.3) is 0 Å². The number of rotatable bonds is 7. The molecule has 0 aliphatic rings. The average molecular weight is 426 g/mol. The van der Waals surface area contributed by atoms with Crippen LogP contribution in [0.15, 0.2) is 27.7 Å². The van der Waals surface area contributed by atoms with E-state index in [0.29, 0.717) is 41.9 Å². The molecule has 0 spiro atoms. The lowest BCUT2D eigenvalue weighted by Gasteiger charge is -2.12. The molecule has 0 saturated heterocycles. The van der Waals surface area contributed by atoms with Crippen molar-refractivity contribution in [1.29, 1.82) is 0 Å². The zero-order chi connectivity index (χ0) is 21.7. The van der Waals surface area contributed by atoms with Gasteiger partial charge in [0.15, 0.2) is 21.6 Å². The van der Waals surface area contributed by atoms with Gasteiger partial charge in [-0.25, -0.2) is 17.8 Å². The van der Waals surface area contributed by atoms with Crippen LogP contribution in [0, 0.1) is 5.82 Å². The minimum absolute atomic E-state index is 0.122. The number of aromatic nitrogens is 2. The predicted octanol–water partition coefficient (Wildman–Crippen LogP) is 2.31. The van der Waals surface area contributed by atoms with E-state index in [1.54, 1.807) is 0 Å². The number of hydrogen-bond acceptors (Lipinski definition) is 6. The minimum atomic E-state index is -3.25. The van der Waals surface area contributed by atoms with Crippen molar-refractivity contribution in [2.75, 3.05) is 12.8 Å². The standard InChI is InChI=1S/C19H28FN5O3S/c1-6-21-18(23-11-16-24-17(28-25-16)19(2,3)4)22-10-14-9-15(20)8-7-13(14)12-29(5,26)27/h7-9H,6,10-12H2,1-5H3,(H2,21,22,23). The summed E-state index contributed by atoms with van der Waals surface area (Å²) in [6.45, 7) is 8.90. The molecule has 0 aliphatic carbocycles. The van der Waals surface area contributed by atoms with Gasteiger partial charge in [-0.2, -0.15) is 4.98 Å². The summed E-state index contributed by atoms with van der Waals surface area (Å²) in [5.74, 6) is 0.905. The van der Waals surface area contributed by atoms with E-state index >= 15 is 0 Å². The van der Waals surface area contributed by atoms with Crippen LogP contribution < -0.4 is 10.6 Å². The second-order valence-corrected chi connectivity index (χ2v) is 9.94. The zero-order valence-electron chi connectivity index (χ0n) is 17.4. The van der Waals surface area contributed by atoms with Crippen LogP contribution in [-0.2, 0) is 34.1 Å². The van der Waals surface area contributed by atoms with Crippen molar-refractivity contribution in [3.63, 3.8) is 0 Å². The molecule has 160 valence electrons. The van der Waals surface area contributed by atoms with Gasteiger partial charge in [-0.3, -0.25) is 0 Å². The molecular formula is C19H28FN5O3S. The van der Waals surface area contributed by atoms with Crippen LogP contribution in [-0.4, -0.2) is 37.3 Å². The molecule has 0 unspecified atom stereocenters. The maximum atomic E-state index is 13.7. The van der Waals surface area contributed by atoms with Gasteiger partial charge in [0, 0.05) is 18.2 Å². The lowest BCUT2D eigenvalue weighted by Crippen LogP contribution is -2.37. The number of benzene rings is 1. The Morgan fingerprint density at radius 3 is 2.55 bits per heavy atom. The summed E-state index contributed by atoms with van der Waals surface area (Å²) >= 11 is 0. The summed E-state index contributed by atoms with van der Waals surface area (Å²) in [4.78, 5) is 8.79. The number of nitrogens with zero attached hydrogens (tertiary/aromatic N) is 3. The molecule has 10 heteroatoms. The Morgan fingerprint density at radius 2 is 1.97 bits per heavy atom. The number of sulfone groups is 1. The van der Waals surface area contributed by atoms with Gasteiger partial charge in [-0.05, 0) is 30.2 Å². The lowest BCUT2D eigenvalue weighted by molar-refractivity contribution is 0.318. The van der Waals surface area contributed by atoms with Gasteiger partial charge in [0.05, 0.1) is 18.8 Å². The van der Waals surface area contributed by atoms with Gasteiger partial charge in [-0.1, -0.05) is 32.0 Å². The van der Waals surface area contributed by atoms with Crippen LogP contribution in [0.5, 0.6) is 0 Å². The number of nitrogens with one attached hydrogen (secondary N) is 2. The van der Waals surface area contributed by atoms with E-state index in [2.05, 4.69) is 25.8 Å². The van der Waals surface area contributed by atoms with Crippen molar-refractivity contribution in [1.82, 2.24) is 20.8 Å². The molecule has 2 rings (SSSR count).